The molecule has 0 radical (unpaired) electrons. The molecule has 0 spiro atoms. The maximum atomic E-state index is 12.6. The second-order valence-corrected chi connectivity index (χ2v) is 6.97. The van der Waals surface area contributed by atoms with Crippen molar-refractivity contribution in [2.75, 3.05) is 13.1 Å². The van der Waals surface area contributed by atoms with Gasteiger partial charge in [0.2, 0.25) is 0 Å². The van der Waals surface area contributed by atoms with Crippen molar-refractivity contribution in [1.82, 2.24) is 4.90 Å². The Morgan fingerprint density at radius 2 is 1.75 bits per heavy atom. The van der Waals surface area contributed by atoms with Gasteiger partial charge in [0, 0.05) is 13.1 Å². The average Bonchev–Trinajstić information content (AvgIpc) is 2.60. The van der Waals surface area contributed by atoms with Crippen LogP contribution in [0.4, 0.5) is 4.79 Å². The van der Waals surface area contributed by atoms with Crippen LogP contribution in [0.25, 0.3) is 0 Å². The van der Waals surface area contributed by atoms with E-state index in [0.717, 1.165) is 38.6 Å². The van der Waals surface area contributed by atoms with Crippen LogP contribution in [0.2, 0.25) is 0 Å². The van der Waals surface area contributed by atoms with E-state index in [2.05, 4.69) is 6.92 Å². The lowest BCUT2D eigenvalue weighted by molar-refractivity contribution is -0.00602. The molecule has 1 fully saturated rings. The Morgan fingerprint density at radius 1 is 1.20 bits per heavy atom. The van der Waals surface area contributed by atoms with Crippen LogP contribution in [0.1, 0.15) is 72.6 Å². The Labute approximate surface area is 124 Å². The first-order chi connectivity index (χ1) is 9.34. The number of amides is 1. The van der Waals surface area contributed by atoms with Crippen LogP contribution in [0.3, 0.4) is 0 Å². The van der Waals surface area contributed by atoms with E-state index in [4.69, 9.17) is 10.5 Å². The van der Waals surface area contributed by atoms with Crippen LogP contribution in [0.5, 0.6) is 0 Å². The molecule has 0 bridgehead atoms. The van der Waals surface area contributed by atoms with E-state index in [1.165, 1.54) is 12.8 Å². The summed E-state index contributed by atoms with van der Waals surface area (Å²) in [5.41, 5.74) is 5.44. The first-order valence-electron chi connectivity index (χ1n) is 8.05. The molecule has 1 rings (SSSR count). The highest BCUT2D eigenvalue weighted by atomic mass is 16.6. The highest BCUT2D eigenvalue weighted by molar-refractivity contribution is 5.69. The molecule has 0 unspecified atom stereocenters. The lowest BCUT2D eigenvalue weighted by Crippen LogP contribution is -2.57. The maximum Gasteiger partial charge on any atom is 0.410 e. The van der Waals surface area contributed by atoms with Gasteiger partial charge in [-0.1, -0.05) is 32.6 Å². The minimum Gasteiger partial charge on any atom is -0.444 e. The molecule has 0 aromatic carbocycles. The van der Waals surface area contributed by atoms with E-state index in [1.54, 1.807) is 0 Å². The zero-order valence-corrected chi connectivity index (χ0v) is 13.7. The van der Waals surface area contributed by atoms with Crippen LogP contribution in [0, 0.1) is 0 Å². The molecular weight excluding hydrogens is 252 g/mol. The van der Waals surface area contributed by atoms with Gasteiger partial charge in [-0.3, -0.25) is 0 Å². The number of carbonyl (C=O) groups is 1. The van der Waals surface area contributed by atoms with Gasteiger partial charge >= 0.3 is 6.09 Å². The molecule has 4 nitrogen and oxygen atoms in total. The third-order valence-corrected chi connectivity index (χ3v) is 4.05. The van der Waals surface area contributed by atoms with Gasteiger partial charge < -0.3 is 15.4 Å². The van der Waals surface area contributed by atoms with Gasteiger partial charge in [0.25, 0.3) is 0 Å². The number of carbonyl (C=O) groups excluding carboxylic acids is 1. The Morgan fingerprint density at radius 3 is 2.15 bits per heavy atom. The maximum absolute atomic E-state index is 12.6. The standard InChI is InChI=1S/C16H32N2O2/c1-5-12-18(14(19)20-15(2,3)4)16(13-17)10-8-6-7-9-11-16/h5-13,17H2,1-4H3. The quantitative estimate of drug-likeness (QED) is 0.801. The van der Waals surface area contributed by atoms with Gasteiger partial charge in [0.1, 0.15) is 5.60 Å². The van der Waals surface area contributed by atoms with Crippen molar-refractivity contribution in [2.45, 2.75) is 83.8 Å². The monoisotopic (exact) mass is 284 g/mol. The molecule has 0 atom stereocenters. The van der Waals surface area contributed by atoms with Crippen molar-refractivity contribution < 1.29 is 9.53 Å². The molecule has 1 aliphatic carbocycles. The summed E-state index contributed by atoms with van der Waals surface area (Å²) in [7, 11) is 0. The lowest BCUT2D eigenvalue weighted by atomic mass is 9.88. The highest BCUT2D eigenvalue weighted by Crippen LogP contribution is 2.33. The number of ether oxygens (including phenoxy) is 1. The van der Waals surface area contributed by atoms with Crippen molar-refractivity contribution in [1.29, 1.82) is 0 Å². The van der Waals surface area contributed by atoms with Crippen molar-refractivity contribution in [3.63, 3.8) is 0 Å². The van der Waals surface area contributed by atoms with Crippen LogP contribution in [-0.4, -0.2) is 35.2 Å². The first-order valence-corrected chi connectivity index (χ1v) is 8.05. The van der Waals surface area contributed by atoms with Crippen LogP contribution in [-0.2, 0) is 4.74 Å². The molecule has 0 heterocycles. The molecular formula is C16H32N2O2. The Hall–Kier alpha value is -0.770. The molecule has 0 saturated heterocycles. The summed E-state index contributed by atoms with van der Waals surface area (Å²) in [5, 5.41) is 0. The number of nitrogens with zero attached hydrogens (tertiary/aromatic N) is 1. The van der Waals surface area contributed by atoms with E-state index in [0.29, 0.717) is 6.54 Å². The normalized spacial score (nSPS) is 19.2. The second-order valence-electron chi connectivity index (χ2n) is 6.97. The van der Waals surface area contributed by atoms with Crippen LogP contribution < -0.4 is 5.73 Å². The Bertz CT molecular complexity index is 302. The van der Waals surface area contributed by atoms with Crippen molar-refractivity contribution in [3.8, 4) is 0 Å². The minimum absolute atomic E-state index is 0.200. The van der Waals surface area contributed by atoms with E-state index < -0.39 is 5.60 Å². The molecule has 1 amide bonds. The van der Waals surface area contributed by atoms with Crippen molar-refractivity contribution in [3.05, 3.63) is 0 Å². The summed E-state index contributed by atoms with van der Waals surface area (Å²) < 4.78 is 5.60. The third kappa shape index (κ3) is 4.65. The molecule has 1 saturated carbocycles. The van der Waals surface area contributed by atoms with Gasteiger partial charge in [-0.2, -0.15) is 0 Å². The Balaban J connectivity index is 2.92. The summed E-state index contributed by atoms with van der Waals surface area (Å²) in [6.07, 6.45) is 7.53. The number of nitrogens with two attached hydrogens (primary N) is 1. The molecule has 118 valence electrons. The summed E-state index contributed by atoms with van der Waals surface area (Å²) >= 11 is 0. The number of hydrogen-bond donors (Lipinski definition) is 1. The largest absolute Gasteiger partial charge is 0.444 e. The van der Waals surface area contributed by atoms with Gasteiger partial charge in [0.15, 0.2) is 0 Å². The van der Waals surface area contributed by atoms with E-state index in [1.807, 2.05) is 25.7 Å². The predicted molar refractivity (Wildman–Crippen MR) is 82.7 cm³/mol. The summed E-state index contributed by atoms with van der Waals surface area (Å²) in [6.45, 7) is 9.10. The molecule has 1 aliphatic rings. The second kappa shape index (κ2) is 7.30. The SMILES string of the molecule is CCCN(C(=O)OC(C)(C)C)C1(CN)CCCCCC1. The van der Waals surface area contributed by atoms with E-state index >= 15 is 0 Å². The fraction of sp³-hybridized carbons (Fsp3) is 0.938. The van der Waals surface area contributed by atoms with Gasteiger partial charge in [-0.05, 0) is 40.0 Å². The number of rotatable bonds is 4. The summed E-state index contributed by atoms with van der Waals surface area (Å²) in [5.74, 6) is 0. The minimum atomic E-state index is -0.455. The fourth-order valence-electron chi connectivity index (χ4n) is 3.03. The van der Waals surface area contributed by atoms with Gasteiger partial charge in [-0.25, -0.2) is 4.79 Å². The highest BCUT2D eigenvalue weighted by Gasteiger charge is 2.40. The van der Waals surface area contributed by atoms with Crippen molar-refractivity contribution >= 4 is 6.09 Å². The molecule has 2 N–H and O–H groups in total. The number of hydrogen-bond acceptors (Lipinski definition) is 3. The third-order valence-electron chi connectivity index (χ3n) is 4.05. The summed E-state index contributed by atoms with van der Waals surface area (Å²) in [4.78, 5) is 14.5. The topological polar surface area (TPSA) is 55.6 Å². The van der Waals surface area contributed by atoms with E-state index in [-0.39, 0.29) is 11.6 Å². The molecule has 0 aromatic rings. The van der Waals surface area contributed by atoms with E-state index in [9.17, 15) is 4.79 Å². The predicted octanol–water partition coefficient (Wildman–Crippen LogP) is 3.69. The summed E-state index contributed by atoms with van der Waals surface area (Å²) in [6, 6.07) is 0. The van der Waals surface area contributed by atoms with Crippen LogP contribution >= 0.6 is 0 Å². The molecule has 20 heavy (non-hydrogen) atoms. The van der Waals surface area contributed by atoms with Crippen molar-refractivity contribution in [2.24, 2.45) is 5.73 Å². The zero-order valence-electron chi connectivity index (χ0n) is 13.7. The molecule has 4 heteroatoms. The smallest absolute Gasteiger partial charge is 0.410 e. The average molecular weight is 284 g/mol. The van der Waals surface area contributed by atoms with Crippen LogP contribution in [0.15, 0.2) is 0 Å². The molecule has 0 aliphatic heterocycles. The Kier molecular flexibility index (Phi) is 6.31. The fourth-order valence-corrected chi connectivity index (χ4v) is 3.03. The molecule has 0 aromatic heterocycles. The van der Waals surface area contributed by atoms with Gasteiger partial charge in [0.05, 0.1) is 5.54 Å². The lowest BCUT2D eigenvalue weighted by Gasteiger charge is -2.43. The zero-order chi connectivity index (χ0) is 15.2. The van der Waals surface area contributed by atoms with Gasteiger partial charge in [-0.15, -0.1) is 0 Å². The first kappa shape index (κ1) is 17.3.